The van der Waals surface area contributed by atoms with Crippen LogP contribution in [0.2, 0.25) is 0 Å². The number of aryl methyl sites for hydroxylation is 1. The minimum Gasteiger partial charge on any atom is -0.376 e. The molecule has 2 fully saturated rings. The molecule has 2 aromatic heterocycles. The number of carbonyl (C=O) groups excluding carboxylic acids is 2. The van der Waals surface area contributed by atoms with E-state index in [1.54, 1.807) is 25.1 Å². The average molecular weight is 563 g/mol. The van der Waals surface area contributed by atoms with Crippen LogP contribution in [0.5, 0.6) is 0 Å². The largest absolute Gasteiger partial charge is 0.376 e. The molecule has 2 N–H and O–H groups in total. The predicted molar refractivity (Wildman–Crippen MR) is 155 cm³/mol. The van der Waals surface area contributed by atoms with Crippen molar-refractivity contribution in [1.29, 1.82) is 0 Å². The first-order valence-electron chi connectivity index (χ1n) is 13.9. The normalized spacial score (nSPS) is 16.9. The molecule has 4 heterocycles. The van der Waals surface area contributed by atoms with Gasteiger partial charge in [-0.25, -0.2) is 9.37 Å². The molecule has 10 nitrogen and oxygen atoms in total. The molecule has 2 saturated heterocycles. The third-order valence-electron chi connectivity index (χ3n) is 7.33. The molecule has 0 aliphatic carbocycles. The van der Waals surface area contributed by atoms with Gasteiger partial charge in [0.2, 0.25) is 0 Å². The average Bonchev–Trinajstić information content (AvgIpc) is 3.52. The van der Waals surface area contributed by atoms with E-state index in [1.807, 2.05) is 0 Å². The zero-order valence-electron chi connectivity index (χ0n) is 23.4. The Morgan fingerprint density at radius 1 is 1.10 bits per heavy atom. The van der Waals surface area contributed by atoms with Gasteiger partial charge in [0.05, 0.1) is 48.2 Å². The molecule has 216 valence electrons. The minimum absolute atomic E-state index is 0.175. The number of aromatic nitrogens is 2. The Morgan fingerprint density at radius 3 is 2.63 bits per heavy atom. The Bertz CT molecular complexity index is 1370. The monoisotopic (exact) mass is 562 g/mol. The fourth-order valence-electron chi connectivity index (χ4n) is 5.11. The second-order valence-electron chi connectivity index (χ2n) is 10.3. The third kappa shape index (κ3) is 6.98. The van der Waals surface area contributed by atoms with Crippen molar-refractivity contribution in [2.24, 2.45) is 0 Å². The number of carbonyl (C=O) groups is 2. The van der Waals surface area contributed by atoms with Crippen LogP contribution in [0, 0.1) is 12.7 Å². The van der Waals surface area contributed by atoms with Gasteiger partial charge in [-0.1, -0.05) is 0 Å². The number of piperidine rings is 1. The van der Waals surface area contributed by atoms with Gasteiger partial charge in [-0.3, -0.25) is 19.4 Å². The first kappa shape index (κ1) is 28.4. The Morgan fingerprint density at radius 2 is 1.93 bits per heavy atom. The van der Waals surface area contributed by atoms with Crippen LogP contribution in [0.1, 0.15) is 58.5 Å². The number of halogens is 1. The molecular formula is C30H35FN6O4. The fraction of sp³-hybridized carbons (Fsp3) is 0.400. The summed E-state index contributed by atoms with van der Waals surface area (Å²) in [6.07, 6.45) is 8.48. The SMILES string of the molecule is CON(C(=O)c1cc(NC(=O)c2cc(F)cc(N3CCCCC3)c2)cnc1C)c1ccc(NCC2CCCO2)nc1. The molecule has 5 rings (SSSR count). The summed E-state index contributed by atoms with van der Waals surface area (Å²) in [6.45, 7) is 4.81. The van der Waals surface area contributed by atoms with E-state index in [-0.39, 0.29) is 17.2 Å². The molecular weight excluding hydrogens is 527 g/mol. The lowest BCUT2D eigenvalue weighted by atomic mass is 10.1. The summed E-state index contributed by atoms with van der Waals surface area (Å²) < 4.78 is 20.1. The molecule has 1 atom stereocenters. The Hall–Kier alpha value is -4.09. The first-order valence-corrected chi connectivity index (χ1v) is 13.9. The summed E-state index contributed by atoms with van der Waals surface area (Å²) in [7, 11) is 1.39. The Kier molecular flexibility index (Phi) is 9.05. The Labute approximate surface area is 238 Å². The van der Waals surface area contributed by atoms with E-state index >= 15 is 0 Å². The van der Waals surface area contributed by atoms with Gasteiger partial charge in [0.1, 0.15) is 11.6 Å². The first-order chi connectivity index (χ1) is 19.9. The molecule has 2 aliphatic rings. The number of amides is 2. The van der Waals surface area contributed by atoms with Gasteiger partial charge in [-0.15, -0.1) is 0 Å². The highest BCUT2D eigenvalue weighted by Crippen LogP contribution is 2.25. The zero-order chi connectivity index (χ0) is 28.8. The highest BCUT2D eigenvalue weighted by Gasteiger charge is 2.23. The van der Waals surface area contributed by atoms with Crippen molar-refractivity contribution in [1.82, 2.24) is 9.97 Å². The van der Waals surface area contributed by atoms with Crippen molar-refractivity contribution in [2.75, 3.05) is 53.9 Å². The van der Waals surface area contributed by atoms with Crippen molar-refractivity contribution in [3.8, 4) is 0 Å². The molecule has 11 heteroatoms. The van der Waals surface area contributed by atoms with E-state index in [0.29, 0.717) is 35.1 Å². The maximum atomic E-state index is 14.4. The van der Waals surface area contributed by atoms with Crippen molar-refractivity contribution >= 4 is 34.7 Å². The van der Waals surface area contributed by atoms with Crippen LogP contribution >= 0.6 is 0 Å². The van der Waals surface area contributed by atoms with Gasteiger partial charge >= 0.3 is 0 Å². The lowest BCUT2D eigenvalue weighted by Crippen LogP contribution is -2.31. The smallest absolute Gasteiger partial charge is 0.284 e. The van der Waals surface area contributed by atoms with E-state index < -0.39 is 17.6 Å². The summed E-state index contributed by atoms with van der Waals surface area (Å²) in [4.78, 5) is 42.8. The molecule has 3 aromatic rings. The van der Waals surface area contributed by atoms with E-state index in [9.17, 15) is 14.0 Å². The number of nitrogens with one attached hydrogen (secondary N) is 2. The van der Waals surface area contributed by atoms with Gasteiger partial charge in [0, 0.05) is 37.5 Å². The van der Waals surface area contributed by atoms with Crippen LogP contribution in [-0.2, 0) is 9.57 Å². The van der Waals surface area contributed by atoms with Crippen molar-refractivity contribution in [3.05, 3.63) is 71.4 Å². The van der Waals surface area contributed by atoms with E-state index in [4.69, 9.17) is 9.57 Å². The highest BCUT2D eigenvalue weighted by molar-refractivity contribution is 6.08. The summed E-state index contributed by atoms with van der Waals surface area (Å²) in [5.41, 5.74) is 2.30. The number of nitrogens with zero attached hydrogens (tertiary/aromatic N) is 4. The van der Waals surface area contributed by atoms with Crippen molar-refractivity contribution in [3.63, 3.8) is 0 Å². The lowest BCUT2D eigenvalue weighted by molar-refractivity contribution is 0.0771. The quantitative estimate of drug-likeness (QED) is 0.352. The van der Waals surface area contributed by atoms with Crippen LogP contribution in [-0.4, -0.2) is 61.2 Å². The van der Waals surface area contributed by atoms with Gasteiger partial charge in [-0.05, 0) is 75.4 Å². The van der Waals surface area contributed by atoms with E-state index in [2.05, 4.69) is 25.5 Å². The number of rotatable bonds is 9. The summed E-state index contributed by atoms with van der Waals surface area (Å²) >= 11 is 0. The number of benzene rings is 1. The molecule has 0 saturated carbocycles. The summed E-state index contributed by atoms with van der Waals surface area (Å²) in [5.74, 6) is -0.788. The molecule has 1 aromatic carbocycles. The number of hydrogen-bond donors (Lipinski definition) is 2. The Balaban J connectivity index is 1.28. The summed E-state index contributed by atoms with van der Waals surface area (Å²) in [6, 6.07) is 9.37. The van der Waals surface area contributed by atoms with Crippen molar-refractivity contribution < 1.29 is 23.6 Å². The van der Waals surface area contributed by atoms with E-state index in [1.165, 1.54) is 37.7 Å². The number of hydrogen-bond acceptors (Lipinski definition) is 8. The fourth-order valence-corrected chi connectivity index (χ4v) is 5.11. The van der Waals surface area contributed by atoms with Crippen LogP contribution in [0.4, 0.5) is 27.3 Å². The van der Waals surface area contributed by atoms with E-state index in [0.717, 1.165) is 56.9 Å². The van der Waals surface area contributed by atoms with Crippen LogP contribution in [0.3, 0.4) is 0 Å². The lowest BCUT2D eigenvalue weighted by Gasteiger charge is -2.29. The van der Waals surface area contributed by atoms with Gasteiger partial charge in [0.15, 0.2) is 0 Å². The zero-order valence-corrected chi connectivity index (χ0v) is 23.4. The minimum atomic E-state index is -0.495. The molecule has 0 spiro atoms. The topological polar surface area (TPSA) is 109 Å². The second kappa shape index (κ2) is 13.0. The van der Waals surface area contributed by atoms with Crippen LogP contribution < -0.4 is 20.6 Å². The number of anilines is 4. The number of ether oxygens (including phenoxy) is 1. The second-order valence-corrected chi connectivity index (χ2v) is 10.3. The van der Waals surface area contributed by atoms with Gasteiger partial charge in [-0.2, -0.15) is 5.06 Å². The molecule has 41 heavy (non-hydrogen) atoms. The summed E-state index contributed by atoms with van der Waals surface area (Å²) in [5, 5.41) is 7.11. The molecule has 1 unspecified atom stereocenters. The molecule has 2 aliphatic heterocycles. The highest BCUT2D eigenvalue weighted by atomic mass is 19.1. The molecule has 2 amide bonds. The number of pyridine rings is 2. The van der Waals surface area contributed by atoms with Crippen molar-refractivity contribution in [2.45, 2.75) is 45.1 Å². The third-order valence-corrected chi connectivity index (χ3v) is 7.33. The molecule has 0 bridgehead atoms. The maximum Gasteiger partial charge on any atom is 0.284 e. The van der Waals surface area contributed by atoms with Gasteiger partial charge < -0.3 is 20.3 Å². The maximum absolute atomic E-state index is 14.4. The number of hydroxylamine groups is 1. The standard InChI is InChI=1S/C30H35FN6O4/c1-20-27(30(39)37(40-2)24-8-9-28(33-18-24)34-19-26-7-6-12-41-26)16-23(17-32-20)35-29(38)21-13-22(31)15-25(14-21)36-10-4-3-5-11-36/h8-9,13-18,26H,3-7,10-12,19H2,1-2H3,(H,33,34)(H,35,38). The molecule has 0 radical (unpaired) electrons. The van der Waals surface area contributed by atoms with Gasteiger partial charge in [0.25, 0.3) is 11.8 Å². The predicted octanol–water partition coefficient (Wildman–Crippen LogP) is 4.97. The van der Waals surface area contributed by atoms with Crippen LogP contribution in [0.15, 0.2) is 48.8 Å². The van der Waals surface area contributed by atoms with Crippen LogP contribution in [0.25, 0.3) is 0 Å².